The number of carboxylic acid groups (broad SMARTS) is 2. The van der Waals surface area contributed by atoms with Gasteiger partial charge in [-0.3, -0.25) is 9.59 Å². The normalized spacial score (nSPS) is 12.8. The molecule has 1 atom stereocenters. The lowest BCUT2D eigenvalue weighted by atomic mass is 9.98. The first-order chi connectivity index (χ1) is 8.25. The molecule has 0 amide bonds. The summed E-state index contributed by atoms with van der Waals surface area (Å²) < 4.78 is 0. The van der Waals surface area contributed by atoms with Crippen molar-refractivity contribution in [3.8, 4) is 5.75 Å². The minimum atomic E-state index is -1.43. The Morgan fingerprint density at radius 1 is 1.22 bits per heavy atom. The zero-order valence-electron chi connectivity index (χ0n) is 10.0. The van der Waals surface area contributed by atoms with Gasteiger partial charge in [0.05, 0.1) is 0 Å². The van der Waals surface area contributed by atoms with Crippen molar-refractivity contribution in [2.45, 2.75) is 25.3 Å². The van der Waals surface area contributed by atoms with Crippen molar-refractivity contribution < 1.29 is 24.9 Å². The molecule has 0 radical (unpaired) electrons. The molecule has 0 aliphatic rings. The van der Waals surface area contributed by atoms with Crippen molar-refractivity contribution in [3.63, 3.8) is 0 Å². The second kappa shape index (κ2) is 7.29. The second-order valence-corrected chi connectivity index (χ2v) is 3.95. The fourth-order valence-corrected chi connectivity index (χ4v) is 0.902. The van der Waals surface area contributed by atoms with Crippen molar-refractivity contribution in [1.82, 2.24) is 0 Å². The van der Waals surface area contributed by atoms with Gasteiger partial charge in [0.25, 0.3) is 0 Å². The number of para-hydroxylation sites is 1. The van der Waals surface area contributed by atoms with Gasteiger partial charge < -0.3 is 21.1 Å². The highest BCUT2D eigenvalue weighted by Gasteiger charge is 2.27. The molecule has 0 saturated heterocycles. The van der Waals surface area contributed by atoms with E-state index in [4.69, 9.17) is 21.1 Å². The molecular formula is C12H17NO5. The van der Waals surface area contributed by atoms with Crippen LogP contribution in [0.3, 0.4) is 0 Å². The van der Waals surface area contributed by atoms with E-state index in [0.717, 1.165) is 0 Å². The minimum Gasteiger partial charge on any atom is -0.508 e. The third-order valence-electron chi connectivity index (χ3n) is 2.10. The summed E-state index contributed by atoms with van der Waals surface area (Å²) in [5.74, 6) is -1.90. The van der Waals surface area contributed by atoms with Gasteiger partial charge in [0.2, 0.25) is 0 Å². The first-order valence-corrected chi connectivity index (χ1v) is 5.24. The predicted molar refractivity (Wildman–Crippen MR) is 65.2 cm³/mol. The highest BCUT2D eigenvalue weighted by molar-refractivity contribution is 5.78. The summed E-state index contributed by atoms with van der Waals surface area (Å²) in [7, 11) is 0. The van der Waals surface area contributed by atoms with Gasteiger partial charge in [-0.15, -0.1) is 0 Å². The second-order valence-electron chi connectivity index (χ2n) is 3.95. The summed E-state index contributed by atoms with van der Waals surface area (Å²) in [6.45, 7) is 1.29. The third-order valence-corrected chi connectivity index (χ3v) is 2.10. The van der Waals surface area contributed by atoms with Gasteiger partial charge in [-0.25, -0.2) is 0 Å². The number of rotatable bonds is 4. The van der Waals surface area contributed by atoms with Crippen LogP contribution >= 0.6 is 0 Å². The highest BCUT2D eigenvalue weighted by atomic mass is 16.4. The molecule has 0 bridgehead atoms. The molecule has 6 nitrogen and oxygen atoms in total. The van der Waals surface area contributed by atoms with Gasteiger partial charge in [0, 0.05) is 6.42 Å². The van der Waals surface area contributed by atoms with Gasteiger partial charge >= 0.3 is 11.9 Å². The monoisotopic (exact) mass is 255 g/mol. The van der Waals surface area contributed by atoms with E-state index in [1.807, 2.05) is 6.07 Å². The molecule has 0 aliphatic heterocycles. The number of hydrogen-bond acceptors (Lipinski definition) is 4. The van der Waals surface area contributed by atoms with Gasteiger partial charge in [-0.05, 0) is 25.5 Å². The number of benzene rings is 1. The van der Waals surface area contributed by atoms with E-state index < -0.39 is 17.5 Å². The van der Waals surface area contributed by atoms with Crippen molar-refractivity contribution in [1.29, 1.82) is 0 Å². The maximum Gasteiger partial charge on any atom is 0.323 e. The molecule has 5 N–H and O–H groups in total. The highest BCUT2D eigenvalue weighted by Crippen LogP contribution is 2.08. The fraction of sp³-hybridized carbons (Fsp3) is 0.333. The molecule has 1 aromatic carbocycles. The lowest BCUT2D eigenvalue weighted by Crippen LogP contribution is -2.45. The number of nitrogens with two attached hydrogens (primary N) is 1. The molecule has 6 heteroatoms. The quantitative estimate of drug-likeness (QED) is 0.638. The number of aliphatic carboxylic acids is 2. The van der Waals surface area contributed by atoms with Crippen molar-refractivity contribution in [3.05, 3.63) is 30.3 Å². The fourth-order valence-electron chi connectivity index (χ4n) is 0.902. The largest absolute Gasteiger partial charge is 0.508 e. The van der Waals surface area contributed by atoms with Gasteiger partial charge in [0.15, 0.2) is 0 Å². The Labute approximate surface area is 105 Å². The molecule has 1 rings (SSSR count). The Bertz CT molecular complexity index is 389. The maximum atomic E-state index is 10.3. The number of phenols is 1. The summed E-state index contributed by atoms with van der Waals surface area (Å²) in [6.07, 6.45) is -0.281. The standard InChI is InChI=1S/C6H11NO4.C6H6O/c1-6(7,5(10)11)3-2-4(8)9;7-6-4-2-1-3-5-6/h2-3,7H2,1H3,(H,8,9)(H,10,11);1-5,7H. The number of carboxylic acids is 2. The molecule has 0 saturated carbocycles. The Hall–Kier alpha value is -2.08. The molecule has 0 aromatic heterocycles. The predicted octanol–water partition coefficient (Wildman–Crippen LogP) is 1.05. The number of phenolic OH excluding ortho intramolecular Hbond substituents is 1. The van der Waals surface area contributed by atoms with Crippen molar-refractivity contribution in [2.24, 2.45) is 5.73 Å². The van der Waals surface area contributed by atoms with E-state index in [9.17, 15) is 9.59 Å². The Morgan fingerprint density at radius 3 is 2.00 bits per heavy atom. The molecule has 0 spiro atoms. The summed E-state index contributed by atoms with van der Waals surface area (Å²) in [5.41, 5.74) is 3.81. The average Bonchev–Trinajstić information content (AvgIpc) is 2.28. The molecule has 0 aliphatic carbocycles. The van der Waals surface area contributed by atoms with E-state index in [2.05, 4.69) is 0 Å². The lowest BCUT2D eigenvalue weighted by Gasteiger charge is -2.16. The minimum absolute atomic E-state index is 0.0579. The number of aromatic hydroxyl groups is 1. The molecule has 1 aromatic rings. The van der Waals surface area contributed by atoms with Crippen LogP contribution in [0.25, 0.3) is 0 Å². The van der Waals surface area contributed by atoms with Crippen LogP contribution in [-0.2, 0) is 9.59 Å². The van der Waals surface area contributed by atoms with E-state index >= 15 is 0 Å². The Balaban J connectivity index is 0.000000351. The van der Waals surface area contributed by atoms with Crippen LogP contribution in [0.2, 0.25) is 0 Å². The third kappa shape index (κ3) is 7.24. The van der Waals surface area contributed by atoms with Crippen molar-refractivity contribution >= 4 is 11.9 Å². The molecule has 18 heavy (non-hydrogen) atoms. The van der Waals surface area contributed by atoms with Gasteiger partial charge in [0.1, 0.15) is 11.3 Å². The van der Waals surface area contributed by atoms with E-state index in [-0.39, 0.29) is 12.8 Å². The molecular weight excluding hydrogens is 238 g/mol. The zero-order chi connectivity index (χ0) is 14.2. The molecule has 0 fully saturated rings. The summed E-state index contributed by atoms with van der Waals surface area (Å²) in [5, 5.41) is 25.3. The number of hydrogen-bond donors (Lipinski definition) is 4. The molecule has 1 unspecified atom stereocenters. The molecule has 100 valence electrons. The lowest BCUT2D eigenvalue weighted by molar-refractivity contribution is -0.143. The van der Waals surface area contributed by atoms with Gasteiger partial charge in [-0.1, -0.05) is 18.2 Å². The Kier molecular flexibility index (Phi) is 6.44. The van der Waals surface area contributed by atoms with Crippen LogP contribution in [0.1, 0.15) is 19.8 Å². The topological polar surface area (TPSA) is 121 Å². The van der Waals surface area contributed by atoms with Crippen LogP contribution in [0.4, 0.5) is 0 Å². The van der Waals surface area contributed by atoms with Crippen LogP contribution in [-0.4, -0.2) is 32.8 Å². The summed E-state index contributed by atoms with van der Waals surface area (Å²) in [4.78, 5) is 20.3. The summed E-state index contributed by atoms with van der Waals surface area (Å²) in [6, 6.07) is 8.71. The van der Waals surface area contributed by atoms with E-state index in [1.54, 1.807) is 24.3 Å². The smallest absolute Gasteiger partial charge is 0.323 e. The Morgan fingerprint density at radius 2 is 1.72 bits per heavy atom. The zero-order valence-corrected chi connectivity index (χ0v) is 10.0. The maximum absolute atomic E-state index is 10.3. The first-order valence-electron chi connectivity index (χ1n) is 5.24. The van der Waals surface area contributed by atoms with Crippen LogP contribution in [0, 0.1) is 0 Å². The number of carbonyl (C=O) groups is 2. The van der Waals surface area contributed by atoms with Crippen LogP contribution < -0.4 is 5.73 Å². The van der Waals surface area contributed by atoms with Gasteiger partial charge in [-0.2, -0.15) is 0 Å². The summed E-state index contributed by atoms with van der Waals surface area (Å²) >= 11 is 0. The van der Waals surface area contributed by atoms with Crippen LogP contribution in [0.5, 0.6) is 5.75 Å². The average molecular weight is 255 g/mol. The first kappa shape index (κ1) is 15.9. The van der Waals surface area contributed by atoms with E-state index in [1.165, 1.54) is 6.92 Å². The van der Waals surface area contributed by atoms with Crippen LogP contribution in [0.15, 0.2) is 30.3 Å². The molecule has 0 heterocycles. The SMILES string of the molecule is CC(N)(CCC(=O)O)C(=O)O.Oc1ccccc1. The van der Waals surface area contributed by atoms with E-state index in [0.29, 0.717) is 5.75 Å². The van der Waals surface area contributed by atoms with Crippen molar-refractivity contribution in [2.75, 3.05) is 0 Å².